The number of carbonyl (C=O) groups is 2. The molecule has 104 valence electrons. The maximum Gasteiger partial charge on any atom is 0.334 e. The van der Waals surface area contributed by atoms with Gasteiger partial charge >= 0.3 is 6.03 Å². The Balaban J connectivity index is 2.27. The van der Waals surface area contributed by atoms with Crippen LogP contribution in [0.1, 0.15) is 33.7 Å². The Kier molecular flexibility index (Phi) is 3.55. The zero-order valence-electron chi connectivity index (χ0n) is 11.7. The molecule has 0 saturated carbocycles. The van der Waals surface area contributed by atoms with Gasteiger partial charge in [0, 0.05) is 6.54 Å². The molecule has 0 N–H and O–H groups in total. The van der Waals surface area contributed by atoms with Crippen LogP contribution in [0.5, 0.6) is 0 Å². The van der Waals surface area contributed by atoms with Crippen molar-refractivity contribution in [1.82, 2.24) is 19.7 Å². The summed E-state index contributed by atoms with van der Waals surface area (Å²) < 4.78 is 1.58. The second-order valence-corrected chi connectivity index (χ2v) is 5.38. The van der Waals surface area contributed by atoms with Crippen molar-refractivity contribution >= 4 is 17.9 Å². The molecule has 1 aromatic rings. The summed E-state index contributed by atoms with van der Waals surface area (Å²) in [6.45, 7) is 8.55. The predicted octanol–water partition coefficient (Wildman–Crippen LogP) is 1.28. The first kappa shape index (κ1) is 13.5. The van der Waals surface area contributed by atoms with E-state index in [1.807, 2.05) is 27.7 Å². The van der Waals surface area contributed by atoms with Crippen LogP contribution in [0, 0.1) is 5.92 Å². The van der Waals surface area contributed by atoms with Crippen molar-refractivity contribution in [2.75, 3.05) is 18.0 Å². The van der Waals surface area contributed by atoms with E-state index >= 15 is 0 Å². The van der Waals surface area contributed by atoms with Gasteiger partial charge in [-0.25, -0.2) is 9.48 Å². The van der Waals surface area contributed by atoms with Crippen LogP contribution in [0.25, 0.3) is 0 Å². The van der Waals surface area contributed by atoms with Crippen molar-refractivity contribution in [3.63, 3.8) is 0 Å². The van der Waals surface area contributed by atoms with E-state index in [9.17, 15) is 9.59 Å². The molecule has 2 rings (SSSR count). The summed E-state index contributed by atoms with van der Waals surface area (Å²) in [6, 6.07) is -0.272. The van der Waals surface area contributed by atoms with Gasteiger partial charge in [-0.15, -0.1) is 0 Å². The molecule has 1 aliphatic rings. The van der Waals surface area contributed by atoms with Gasteiger partial charge < -0.3 is 4.90 Å². The molecule has 1 aliphatic heterocycles. The molecule has 7 heteroatoms. The van der Waals surface area contributed by atoms with Crippen molar-refractivity contribution < 1.29 is 9.59 Å². The molecule has 0 aromatic carbocycles. The highest BCUT2D eigenvalue weighted by molar-refractivity contribution is 6.18. The lowest BCUT2D eigenvalue weighted by Crippen LogP contribution is -2.36. The molecule has 1 saturated heterocycles. The monoisotopic (exact) mass is 265 g/mol. The van der Waals surface area contributed by atoms with Crippen LogP contribution in [-0.2, 0) is 4.79 Å². The molecule has 0 spiro atoms. The topological polar surface area (TPSA) is 71.3 Å². The van der Waals surface area contributed by atoms with E-state index < -0.39 is 0 Å². The number of rotatable bonds is 4. The number of amides is 3. The molecule has 7 nitrogen and oxygen atoms in total. The third-order valence-corrected chi connectivity index (χ3v) is 2.87. The van der Waals surface area contributed by atoms with E-state index in [2.05, 4.69) is 10.1 Å². The van der Waals surface area contributed by atoms with Gasteiger partial charge in [0.1, 0.15) is 12.9 Å². The fourth-order valence-electron chi connectivity index (χ4n) is 2.10. The number of nitrogens with zero attached hydrogens (tertiary/aromatic N) is 5. The number of imide groups is 1. The molecule has 19 heavy (non-hydrogen) atoms. The number of hydrogen-bond donors (Lipinski definition) is 0. The molecule has 0 atom stereocenters. The minimum Gasteiger partial charge on any atom is -0.314 e. The van der Waals surface area contributed by atoms with Crippen molar-refractivity contribution in [3.8, 4) is 0 Å². The molecule has 2 heterocycles. The summed E-state index contributed by atoms with van der Waals surface area (Å²) in [7, 11) is 0. The van der Waals surface area contributed by atoms with Gasteiger partial charge in [-0.05, 0) is 19.8 Å². The van der Waals surface area contributed by atoms with Crippen LogP contribution < -0.4 is 4.90 Å². The van der Waals surface area contributed by atoms with Crippen molar-refractivity contribution in [1.29, 1.82) is 0 Å². The highest BCUT2D eigenvalue weighted by atomic mass is 16.2. The van der Waals surface area contributed by atoms with Gasteiger partial charge in [-0.1, -0.05) is 13.8 Å². The highest BCUT2D eigenvalue weighted by Gasteiger charge is 2.40. The lowest BCUT2D eigenvalue weighted by Gasteiger charge is -2.19. The molecular weight excluding hydrogens is 246 g/mol. The average molecular weight is 265 g/mol. The molecule has 1 fully saturated rings. The zero-order valence-corrected chi connectivity index (χ0v) is 11.7. The molecule has 0 unspecified atom stereocenters. The van der Waals surface area contributed by atoms with Crippen LogP contribution >= 0.6 is 0 Å². The second-order valence-electron chi connectivity index (χ2n) is 5.38. The lowest BCUT2D eigenvalue weighted by atomic mass is 10.2. The Hall–Kier alpha value is -1.92. The highest BCUT2D eigenvalue weighted by Crippen LogP contribution is 2.21. The molecule has 0 bridgehead atoms. The molecule has 0 aliphatic carbocycles. The SMILES string of the molecule is CC(C)CN1CC(=O)N(c2ncnn2C(C)C)C1=O. The summed E-state index contributed by atoms with van der Waals surface area (Å²) in [5.41, 5.74) is 0. The van der Waals surface area contributed by atoms with E-state index in [1.54, 1.807) is 9.58 Å². The van der Waals surface area contributed by atoms with Crippen molar-refractivity contribution in [2.24, 2.45) is 5.92 Å². The van der Waals surface area contributed by atoms with Crippen molar-refractivity contribution in [3.05, 3.63) is 6.33 Å². The Morgan fingerprint density at radius 1 is 1.26 bits per heavy atom. The van der Waals surface area contributed by atoms with Crippen LogP contribution in [-0.4, -0.2) is 44.7 Å². The number of urea groups is 1. The standard InChI is InChI=1S/C12H19N5O2/c1-8(2)5-15-6-10(18)16(12(15)19)11-13-7-14-17(11)9(3)4/h7-9H,5-6H2,1-4H3. The molecule has 0 radical (unpaired) electrons. The maximum absolute atomic E-state index is 12.3. The molecule has 3 amide bonds. The fourth-order valence-corrected chi connectivity index (χ4v) is 2.10. The number of anilines is 1. The smallest absolute Gasteiger partial charge is 0.314 e. The Bertz CT molecular complexity index is 494. The molecular formula is C12H19N5O2. The zero-order chi connectivity index (χ0) is 14.2. The lowest BCUT2D eigenvalue weighted by molar-refractivity contribution is -0.116. The van der Waals surface area contributed by atoms with Crippen molar-refractivity contribution in [2.45, 2.75) is 33.7 Å². The number of hydrogen-bond acceptors (Lipinski definition) is 4. The average Bonchev–Trinajstić information content (AvgIpc) is 2.84. The Morgan fingerprint density at radius 2 is 1.95 bits per heavy atom. The van der Waals surface area contributed by atoms with E-state index in [1.165, 1.54) is 6.33 Å². The van der Waals surface area contributed by atoms with Gasteiger partial charge in [-0.3, -0.25) is 4.79 Å². The van der Waals surface area contributed by atoms with E-state index in [0.29, 0.717) is 18.4 Å². The Labute approximate surface area is 112 Å². The van der Waals surface area contributed by atoms with Gasteiger partial charge in [0.2, 0.25) is 5.95 Å². The first-order chi connectivity index (χ1) is 8.91. The van der Waals surface area contributed by atoms with E-state index in [-0.39, 0.29) is 24.5 Å². The van der Waals surface area contributed by atoms with Crippen LogP contribution in [0.4, 0.5) is 10.7 Å². The normalized spacial score (nSPS) is 16.3. The third kappa shape index (κ3) is 2.45. The van der Waals surface area contributed by atoms with Gasteiger partial charge in [0.05, 0.1) is 6.04 Å². The summed E-state index contributed by atoms with van der Waals surface area (Å²) in [5.74, 6) is 0.372. The number of carbonyl (C=O) groups excluding carboxylic acids is 2. The summed E-state index contributed by atoms with van der Waals surface area (Å²) in [4.78, 5) is 31.0. The predicted molar refractivity (Wildman–Crippen MR) is 69.7 cm³/mol. The summed E-state index contributed by atoms with van der Waals surface area (Å²) in [6.07, 6.45) is 1.36. The van der Waals surface area contributed by atoms with Crippen LogP contribution in [0.15, 0.2) is 6.33 Å². The third-order valence-electron chi connectivity index (χ3n) is 2.87. The van der Waals surface area contributed by atoms with Gasteiger partial charge in [-0.2, -0.15) is 15.0 Å². The first-order valence-electron chi connectivity index (χ1n) is 6.43. The van der Waals surface area contributed by atoms with Crippen LogP contribution in [0.2, 0.25) is 0 Å². The van der Waals surface area contributed by atoms with Crippen LogP contribution in [0.3, 0.4) is 0 Å². The van der Waals surface area contributed by atoms with Gasteiger partial charge in [0.25, 0.3) is 5.91 Å². The Morgan fingerprint density at radius 3 is 2.53 bits per heavy atom. The quantitative estimate of drug-likeness (QED) is 0.769. The minimum absolute atomic E-state index is 0.0391. The maximum atomic E-state index is 12.3. The molecule has 1 aromatic heterocycles. The first-order valence-corrected chi connectivity index (χ1v) is 6.43. The second kappa shape index (κ2) is 4.99. The number of aromatic nitrogens is 3. The fraction of sp³-hybridized carbons (Fsp3) is 0.667. The van der Waals surface area contributed by atoms with Gasteiger partial charge in [0.15, 0.2) is 0 Å². The van der Waals surface area contributed by atoms with E-state index in [0.717, 1.165) is 4.90 Å². The summed E-state index contributed by atoms with van der Waals surface area (Å²) in [5, 5.41) is 4.06. The largest absolute Gasteiger partial charge is 0.334 e. The van der Waals surface area contributed by atoms with E-state index in [4.69, 9.17) is 0 Å². The summed E-state index contributed by atoms with van der Waals surface area (Å²) >= 11 is 0. The minimum atomic E-state index is -0.311.